The lowest BCUT2D eigenvalue weighted by molar-refractivity contribution is 0.100. The monoisotopic (exact) mass is 404 g/mol. The molecule has 2 aromatic heterocycles. The van der Waals surface area contributed by atoms with Gasteiger partial charge in [0.05, 0.1) is 17.1 Å². The number of amides is 1. The molecule has 0 aliphatic heterocycles. The predicted molar refractivity (Wildman–Crippen MR) is 113 cm³/mol. The van der Waals surface area contributed by atoms with E-state index in [0.717, 1.165) is 10.9 Å². The largest absolute Gasteiger partial charge is 0.492 e. The van der Waals surface area contributed by atoms with Gasteiger partial charge in [-0.3, -0.25) is 9.78 Å². The number of aromatic nitrogens is 3. The van der Waals surface area contributed by atoms with E-state index in [4.69, 9.17) is 27.1 Å². The highest BCUT2D eigenvalue weighted by atomic mass is 35.5. The minimum Gasteiger partial charge on any atom is -0.492 e. The van der Waals surface area contributed by atoms with Crippen LogP contribution in [-0.2, 0) is 0 Å². The van der Waals surface area contributed by atoms with Crippen LogP contribution in [0.4, 0.5) is 0 Å². The predicted octanol–water partition coefficient (Wildman–Crippen LogP) is 4.08. The van der Waals surface area contributed by atoms with Gasteiger partial charge in [0.25, 0.3) is 0 Å². The zero-order chi connectivity index (χ0) is 20.2. The van der Waals surface area contributed by atoms with Gasteiger partial charge in [-0.05, 0) is 36.4 Å². The van der Waals surface area contributed by atoms with Crippen LogP contribution in [0.3, 0.4) is 0 Å². The summed E-state index contributed by atoms with van der Waals surface area (Å²) in [6.45, 7) is 0.384. The number of rotatable bonds is 6. The molecule has 144 valence electrons. The van der Waals surface area contributed by atoms with Crippen molar-refractivity contribution in [3.63, 3.8) is 0 Å². The minimum absolute atomic E-state index is 0.381. The highest BCUT2D eigenvalue weighted by Crippen LogP contribution is 2.33. The van der Waals surface area contributed by atoms with E-state index >= 15 is 0 Å². The van der Waals surface area contributed by atoms with Crippen molar-refractivity contribution < 1.29 is 9.53 Å². The van der Waals surface area contributed by atoms with Crippen LogP contribution in [0.25, 0.3) is 33.5 Å². The lowest BCUT2D eigenvalue weighted by Crippen LogP contribution is -2.12. The number of halogens is 1. The molecule has 0 fully saturated rings. The van der Waals surface area contributed by atoms with Crippen molar-refractivity contribution in [2.75, 3.05) is 12.5 Å². The summed E-state index contributed by atoms with van der Waals surface area (Å²) >= 11 is 5.73. The standard InChI is InChI=1S/C22H17ClN4O2/c23-9-11-29-15-7-8-19-18(12-15)20(16-5-1-2-6-17(16)21(24)28)27-22(26-19)14-4-3-10-25-13-14/h1-8,10,12-13H,9,11H2,(H2,24,28). The Morgan fingerprint density at radius 1 is 1.07 bits per heavy atom. The van der Waals surface area contributed by atoms with Crippen LogP contribution in [0.5, 0.6) is 5.75 Å². The van der Waals surface area contributed by atoms with Gasteiger partial charge < -0.3 is 10.5 Å². The number of hydrogen-bond acceptors (Lipinski definition) is 5. The lowest BCUT2D eigenvalue weighted by Gasteiger charge is -2.13. The summed E-state index contributed by atoms with van der Waals surface area (Å²) in [6, 6.07) is 16.4. The molecule has 0 aliphatic carbocycles. The molecule has 0 unspecified atom stereocenters. The number of nitrogens with two attached hydrogens (primary N) is 1. The summed E-state index contributed by atoms with van der Waals surface area (Å²) < 4.78 is 5.66. The van der Waals surface area contributed by atoms with E-state index in [9.17, 15) is 4.79 Å². The van der Waals surface area contributed by atoms with Gasteiger partial charge in [0.2, 0.25) is 5.91 Å². The van der Waals surface area contributed by atoms with E-state index in [1.54, 1.807) is 24.5 Å². The van der Waals surface area contributed by atoms with Gasteiger partial charge in [0.1, 0.15) is 12.4 Å². The Kier molecular flexibility index (Phi) is 5.35. The maximum absolute atomic E-state index is 12.0. The van der Waals surface area contributed by atoms with Crippen molar-refractivity contribution >= 4 is 28.4 Å². The highest BCUT2D eigenvalue weighted by molar-refractivity contribution is 6.18. The summed E-state index contributed by atoms with van der Waals surface area (Å²) in [5, 5.41) is 0.749. The SMILES string of the molecule is NC(=O)c1ccccc1-c1nc(-c2cccnc2)nc2ccc(OCCCl)cc12. The van der Waals surface area contributed by atoms with Crippen molar-refractivity contribution in [2.24, 2.45) is 5.73 Å². The number of carbonyl (C=O) groups excluding carboxylic acids is 1. The molecule has 0 radical (unpaired) electrons. The fraction of sp³-hybridized carbons (Fsp3) is 0.0909. The van der Waals surface area contributed by atoms with Crippen LogP contribution in [0, 0.1) is 0 Å². The van der Waals surface area contributed by atoms with Crippen molar-refractivity contribution in [2.45, 2.75) is 0 Å². The minimum atomic E-state index is -0.523. The average molecular weight is 405 g/mol. The molecular weight excluding hydrogens is 388 g/mol. The molecule has 4 rings (SSSR count). The van der Waals surface area contributed by atoms with Crippen LogP contribution in [0.1, 0.15) is 10.4 Å². The molecule has 0 saturated heterocycles. The summed E-state index contributed by atoms with van der Waals surface area (Å²) in [7, 11) is 0. The second-order valence-corrected chi connectivity index (χ2v) is 6.64. The molecule has 0 aliphatic rings. The van der Waals surface area contributed by atoms with E-state index < -0.39 is 5.91 Å². The number of primary amides is 1. The number of hydrogen-bond donors (Lipinski definition) is 1. The number of benzene rings is 2. The van der Waals surface area contributed by atoms with Gasteiger partial charge >= 0.3 is 0 Å². The molecule has 0 bridgehead atoms. The molecule has 0 spiro atoms. The molecule has 2 heterocycles. The fourth-order valence-corrected chi connectivity index (χ4v) is 3.16. The van der Waals surface area contributed by atoms with E-state index in [0.29, 0.717) is 46.4 Å². The second-order valence-electron chi connectivity index (χ2n) is 6.26. The molecule has 2 N–H and O–H groups in total. The zero-order valence-electron chi connectivity index (χ0n) is 15.4. The maximum atomic E-state index is 12.0. The van der Waals surface area contributed by atoms with Crippen LogP contribution < -0.4 is 10.5 Å². The first kappa shape index (κ1) is 18.8. The Morgan fingerprint density at radius 3 is 2.69 bits per heavy atom. The number of nitrogens with zero attached hydrogens (tertiary/aromatic N) is 3. The van der Waals surface area contributed by atoms with E-state index in [1.807, 2.05) is 42.5 Å². The van der Waals surface area contributed by atoms with Crippen LogP contribution >= 0.6 is 11.6 Å². The summed E-state index contributed by atoms with van der Waals surface area (Å²) in [6.07, 6.45) is 3.39. The summed E-state index contributed by atoms with van der Waals surface area (Å²) in [5.74, 6) is 1.01. The zero-order valence-corrected chi connectivity index (χ0v) is 16.1. The number of ether oxygens (including phenoxy) is 1. The number of fused-ring (bicyclic) bond motifs is 1. The van der Waals surface area contributed by atoms with Gasteiger partial charge in [-0.1, -0.05) is 18.2 Å². The molecule has 4 aromatic rings. The van der Waals surface area contributed by atoms with Gasteiger partial charge in [-0.15, -0.1) is 11.6 Å². The quantitative estimate of drug-likeness (QED) is 0.489. The van der Waals surface area contributed by atoms with Crippen LogP contribution in [0.2, 0.25) is 0 Å². The lowest BCUT2D eigenvalue weighted by atomic mass is 10.00. The Morgan fingerprint density at radius 2 is 1.93 bits per heavy atom. The van der Waals surface area contributed by atoms with Crippen LogP contribution in [0.15, 0.2) is 67.0 Å². The first-order chi connectivity index (χ1) is 14.2. The highest BCUT2D eigenvalue weighted by Gasteiger charge is 2.17. The molecule has 0 saturated carbocycles. The Balaban J connectivity index is 1.99. The number of carbonyl (C=O) groups is 1. The molecule has 29 heavy (non-hydrogen) atoms. The third kappa shape index (κ3) is 3.88. The van der Waals surface area contributed by atoms with E-state index in [-0.39, 0.29) is 0 Å². The van der Waals surface area contributed by atoms with Crippen molar-refractivity contribution in [1.82, 2.24) is 15.0 Å². The molecule has 2 aromatic carbocycles. The Hall–Kier alpha value is -3.51. The molecular formula is C22H17ClN4O2. The molecule has 7 heteroatoms. The third-order valence-electron chi connectivity index (χ3n) is 4.38. The average Bonchev–Trinajstić information content (AvgIpc) is 2.77. The normalized spacial score (nSPS) is 10.8. The van der Waals surface area contributed by atoms with Crippen molar-refractivity contribution in [1.29, 1.82) is 0 Å². The summed E-state index contributed by atoms with van der Waals surface area (Å²) in [4.78, 5) is 25.6. The van der Waals surface area contributed by atoms with Gasteiger partial charge in [-0.25, -0.2) is 9.97 Å². The van der Waals surface area contributed by atoms with E-state index in [1.165, 1.54) is 0 Å². The molecule has 6 nitrogen and oxygen atoms in total. The maximum Gasteiger partial charge on any atom is 0.249 e. The fourth-order valence-electron chi connectivity index (χ4n) is 3.09. The third-order valence-corrected chi connectivity index (χ3v) is 4.53. The van der Waals surface area contributed by atoms with Gasteiger partial charge in [0, 0.05) is 34.5 Å². The van der Waals surface area contributed by atoms with Gasteiger partial charge in [0.15, 0.2) is 5.82 Å². The molecule has 1 amide bonds. The van der Waals surface area contributed by atoms with E-state index in [2.05, 4.69) is 9.97 Å². The van der Waals surface area contributed by atoms with Gasteiger partial charge in [-0.2, -0.15) is 0 Å². The molecule has 0 atom stereocenters. The Bertz CT molecular complexity index is 1180. The second kappa shape index (κ2) is 8.24. The van der Waals surface area contributed by atoms with Crippen molar-refractivity contribution in [3.8, 4) is 28.4 Å². The summed E-state index contributed by atoms with van der Waals surface area (Å²) in [5.41, 5.74) is 8.71. The first-order valence-electron chi connectivity index (χ1n) is 8.97. The topological polar surface area (TPSA) is 91.0 Å². The Labute approximate surface area is 172 Å². The first-order valence-corrected chi connectivity index (χ1v) is 9.51. The number of alkyl halides is 1. The smallest absolute Gasteiger partial charge is 0.249 e. The van der Waals surface area contributed by atoms with Crippen molar-refractivity contribution in [3.05, 3.63) is 72.6 Å². The van der Waals surface area contributed by atoms with Crippen LogP contribution in [-0.4, -0.2) is 33.3 Å². The number of pyridine rings is 1.